The van der Waals surface area contributed by atoms with Crippen molar-refractivity contribution in [3.63, 3.8) is 0 Å². The first-order valence-electron chi connectivity index (χ1n) is 5.82. The lowest BCUT2D eigenvalue weighted by atomic mass is 10.2. The van der Waals surface area contributed by atoms with Crippen molar-refractivity contribution in [2.24, 2.45) is 0 Å². The Morgan fingerprint density at radius 3 is 3.11 bits per heavy atom. The van der Waals surface area contributed by atoms with E-state index >= 15 is 0 Å². The highest BCUT2D eigenvalue weighted by Crippen LogP contribution is 2.22. The van der Waals surface area contributed by atoms with Crippen molar-refractivity contribution in [1.29, 1.82) is 0 Å². The minimum Gasteiger partial charge on any atom is -0.465 e. The molecule has 0 spiro atoms. The zero-order valence-electron chi connectivity index (χ0n) is 10.5. The fourth-order valence-electron chi connectivity index (χ4n) is 2.00. The van der Waals surface area contributed by atoms with E-state index in [1.807, 2.05) is 11.8 Å². The Hall–Kier alpha value is -1.82. The first kappa shape index (κ1) is 12.6. The summed E-state index contributed by atoms with van der Waals surface area (Å²) in [4.78, 5) is 18.0. The highest BCUT2D eigenvalue weighted by molar-refractivity contribution is 5.95. The van der Waals surface area contributed by atoms with E-state index in [9.17, 15) is 4.79 Å². The third-order valence-corrected chi connectivity index (χ3v) is 2.83. The average Bonchev–Trinajstić information content (AvgIpc) is 2.37. The quantitative estimate of drug-likeness (QED) is 0.779. The maximum absolute atomic E-state index is 11.7. The second-order valence-corrected chi connectivity index (χ2v) is 4.26. The van der Waals surface area contributed by atoms with Gasteiger partial charge in [-0.05, 0) is 13.0 Å². The van der Waals surface area contributed by atoms with Gasteiger partial charge in [0.15, 0.2) is 0 Å². The lowest BCUT2D eigenvalue weighted by Crippen LogP contribution is -2.42. The Labute approximate surface area is 106 Å². The molecule has 2 heterocycles. The molecular formula is C12H17N3O3. The van der Waals surface area contributed by atoms with Gasteiger partial charge >= 0.3 is 5.97 Å². The monoisotopic (exact) mass is 251 g/mol. The number of carbonyl (C=O) groups is 1. The summed E-state index contributed by atoms with van der Waals surface area (Å²) < 4.78 is 10.2. The summed E-state index contributed by atoms with van der Waals surface area (Å²) in [5.41, 5.74) is 6.50. The summed E-state index contributed by atoms with van der Waals surface area (Å²) in [6, 6.07) is 1.59. The van der Waals surface area contributed by atoms with Crippen LogP contribution in [0.5, 0.6) is 0 Å². The third-order valence-electron chi connectivity index (χ3n) is 2.83. The highest BCUT2D eigenvalue weighted by atomic mass is 16.5. The number of nitrogen functional groups attached to an aromatic ring is 1. The van der Waals surface area contributed by atoms with E-state index in [2.05, 4.69) is 4.98 Å². The first-order chi connectivity index (χ1) is 8.61. The number of nitrogens with zero attached hydrogens (tertiary/aromatic N) is 2. The van der Waals surface area contributed by atoms with Gasteiger partial charge in [0.05, 0.1) is 31.7 Å². The summed E-state index contributed by atoms with van der Waals surface area (Å²) >= 11 is 0. The Kier molecular flexibility index (Phi) is 3.66. The average molecular weight is 251 g/mol. The van der Waals surface area contributed by atoms with Crippen LogP contribution in [0.4, 0.5) is 11.5 Å². The van der Waals surface area contributed by atoms with E-state index in [-0.39, 0.29) is 6.10 Å². The van der Waals surface area contributed by atoms with Gasteiger partial charge in [-0.1, -0.05) is 0 Å². The van der Waals surface area contributed by atoms with Crippen molar-refractivity contribution in [3.8, 4) is 0 Å². The lowest BCUT2D eigenvalue weighted by molar-refractivity contribution is 0.0519. The summed E-state index contributed by atoms with van der Waals surface area (Å²) in [6.45, 7) is 4.00. The number of rotatable bonds is 2. The zero-order valence-corrected chi connectivity index (χ0v) is 10.5. The molecule has 1 unspecified atom stereocenters. The number of pyridine rings is 1. The van der Waals surface area contributed by atoms with Crippen LogP contribution in [0, 0.1) is 0 Å². The molecule has 0 amide bonds. The zero-order chi connectivity index (χ0) is 13.1. The predicted molar refractivity (Wildman–Crippen MR) is 67.6 cm³/mol. The van der Waals surface area contributed by atoms with E-state index in [1.165, 1.54) is 7.11 Å². The molecule has 1 aliphatic heterocycles. The molecule has 2 rings (SSSR count). The van der Waals surface area contributed by atoms with Crippen molar-refractivity contribution in [2.45, 2.75) is 13.0 Å². The Balaban J connectivity index is 2.34. The fraction of sp³-hybridized carbons (Fsp3) is 0.500. The molecule has 1 aliphatic rings. The van der Waals surface area contributed by atoms with Gasteiger partial charge in [0.2, 0.25) is 0 Å². The molecule has 6 heteroatoms. The number of methoxy groups -OCH3 is 1. The molecule has 0 saturated carbocycles. The van der Waals surface area contributed by atoms with E-state index in [0.717, 1.165) is 0 Å². The van der Waals surface area contributed by atoms with Gasteiger partial charge in [0.1, 0.15) is 11.4 Å². The third kappa shape index (κ3) is 2.53. The lowest BCUT2D eigenvalue weighted by Gasteiger charge is -2.32. The standard InChI is InChI=1S/C12H17N3O3/c1-8-7-15(3-4-18-8)11-10(12(16)17-2)5-9(13)6-14-11/h5-6,8H,3-4,7,13H2,1-2H3. The highest BCUT2D eigenvalue weighted by Gasteiger charge is 2.23. The Bertz CT molecular complexity index is 450. The van der Waals surface area contributed by atoms with Gasteiger partial charge in [-0.2, -0.15) is 0 Å². The SMILES string of the molecule is COC(=O)c1cc(N)cnc1N1CCOC(C)C1. The molecule has 0 bridgehead atoms. The van der Waals surface area contributed by atoms with Gasteiger partial charge in [-0.25, -0.2) is 9.78 Å². The van der Waals surface area contributed by atoms with Gasteiger partial charge in [-0.15, -0.1) is 0 Å². The largest absolute Gasteiger partial charge is 0.465 e. The summed E-state index contributed by atoms with van der Waals surface area (Å²) in [7, 11) is 1.34. The van der Waals surface area contributed by atoms with Crippen LogP contribution in [-0.4, -0.2) is 43.9 Å². The molecule has 18 heavy (non-hydrogen) atoms. The summed E-state index contributed by atoms with van der Waals surface area (Å²) in [6.07, 6.45) is 1.66. The molecule has 1 fully saturated rings. The second kappa shape index (κ2) is 5.22. The fourth-order valence-corrected chi connectivity index (χ4v) is 2.00. The number of morpholine rings is 1. The van der Waals surface area contributed by atoms with Gasteiger partial charge in [-0.3, -0.25) is 0 Å². The number of aromatic nitrogens is 1. The van der Waals surface area contributed by atoms with Crippen LogP contribution in [0.1, 0.15) is 17.3 Å². The summed E-state index contributed by atoms with van der Waals surface area (Å²) in [5, 5.41) is 0. The number of ether oxygens (including phenoxy) is 2. The van der Waals surface area contributed by atoms with Crippen molar-refractivity contribution in [1.82, 2.24) is 4.98 Å². The summed E-state index contributed by atoms with van der Waals surface area (Å²) in [5.74, 6) is 0.176. The van der Waals surface area contributed by atoms with Gasteiger partial charge < -0.3 is 20.1 Å². The number of anilines is 2. The maximum Gasteiger partial charge on any atom is 0.341 e. The number of esters is 1. The van der Waals surface area contributed by atoms with Crippen LogP contribution < -0.4 is 10.6 Å². The van der Waals surface area contributed by atoms with Crippen molar-refractivity contribution in [3.05, 3.63) is 17.8 Å². The van der Waals surface area contributed by atoms with Crippen molar-refractivity contribution < 1.29 is 14.3 Å². The number of hydrogen-bond acceptors (Lipinski definition) is 6. The van der Waals surface area contributed by atoms with Crippen LogP contribution in [0.25, 0.3) is 0 Å². The van der Waals surface area contributed by atoms with E-state index < -0.39 is 5.97 Å². The first-order valence-corrected chi connectivity index (χ1v) is 5.82. The topological polar surface area (TPSA) is 77.7 Å². The van der Waals surface area contributed by atoms with Crippen LogP contribution >= 0.6 is 0 Å². The minimum absolute atomic E-state index is 0.114. The molecule has 98 valence electrons. The molecule has 1 atom stereocenters. The second-order valence-electron chi connectivity index (χ2n) is 4.26. The number of carbonyl (C=O) groups excluding carboxylic acids is 1. The van der Waals surface area contributed by atoms with Crippen LogP contribution in [0.15, 0.2) is 12.3 Å². The van der Waals surface area contributed by atoms with Crippen molar-refractivity contribution in [2.75, 3.05) is 37.4 Å². The minimum atomic E-state index is -0.427. The Morgan fingerprint density at radius 2 is 2.44 bits per heavy atom. The van der Waals surface area contributed by atoms with Crippen LogP contribution in [0.2, 0.25) is 0 Å². The number of nitrogens with two attached hydrogens (primary N) is 1. The van der Waals surface area contributed by atoms with Gasteiger partial charge in [0.25, 0.3) is 0 Å². The van der Waals surface area contributed by atoms with Crippen LogP contribution in [-0.2, 0) is 9.47 Å². The molecule has 1 aromatic rings. The van der Waals surface area contributed by atoms with E-state index in [4.69, 9.17) is 15.2 Å². The predicted octanol–water partition coefficient (Wildman–Crippen LogP) is 0.675. The number of hydrogen-bond donors (Lipinski definition) is 1. The molecule has 0 radical (unpaired) electrons. The smallest absolute Gasteiger partial charge is 0.341 e. The molecule has 0 aliphatic carbocycles. The molecule has 1 saturated heterocycles. The molecule has 2 N–H and O–H groups in total. The maximum atomic E-state index is 11.7. The van der Waals surface area contributed by atoms with Crippen LogP contribution in [0.3, 0.4) is 0 Å². The molecule has 6 nitrogen and oxygen atoms in total. The normalized spacial score (nSPS) is 19.7. The Morgan fingerprint density at radius 1 is 1.67 bits per heavy atom. The molecule has 0 aromatic carbocycles. The van der Waals surface area contributed by atoms with Gasteiger partial charge in [0, 0.05) is 13.1 Å². The molecular weight excluding hydrogens is 234 g/mol. The van der Waals surface area contributed by atoms with E-state index in [1.54, 1.807) is 12.3 Å². The molecule has 1 aromatic heterocycles. The van der Waals surface area contributed by atoms with Crippen molar-refractivity contribution >= 4 is 17.5 Å². The van der Waals surface area contributed by atoms with E-state index in [0.29, 0.717) is 36.8 Å².